The smallest absolute Gasteiger partial charge is 0.0936 e. The highest BCUT2D eigenvalue weighted by Gasteiger charge is 2.56. The number of allylic oxidation sites excluding steroid dienone is 5. The van der Waals surface area contributed by atoms with E-state index in [4.69, 9.17) is 18.9 Å². The lowest BCUT2D eigenvalue weighted by molar-refractivity contribution is -0.0727. The van der Waals surface area contributed by atoms with Gasteiger partial charge in [-0.05, 0) is 175 Å². The van der Waals surface area contributed by atoms with Gasteiger partial charge < -0.3 is 18.9 Å². The molecule has 0 amide bonds. The average Bonchev–Trinajstić information content (AvgIpc) is 3.67. The van der Waals surface area contributed by atoms with E-state index < -0.39 is 0 Å². The fourth-order valence-electron chi connectivity index (χ4n) is 14.8. The van der Waals surface area contributed by atoms with Crippen molar-refractivity contribution >= 4 is 0 Å². The molecule has 4 saturated carbocycles. The van der Waals surface area contributed by atoms with E-state index in [0.29, 0.717) is 44.6 Å². The highest BCUT2D eigenvalue weighted by Crippen LogP contribution is 2.65. The second kappa shape index (κ2) is 29.9. The van der Waals surface area contributed by atoms with Crippen LogP contribution in [0.25, 0.3) is 0 Å². The molecule has 1 aliphatic heterocycles. The fraction of sp³-hybridized carbons (Fsp3) is 0.900. The highest BCUT2D eigenvalue weighted by molar-refractivity contribution is 5.20. The molecule has 5 nitrogen and oxygen atoms in total. The summed E-state index contributed by atoms with van der Waals surface area (Å²) in [6, 6.07) is 0.752. The van der Waals surface area contributed by atoms with E-state index in [0.717, 1.165) is 85.8 Å². The molecule has 374 valence electrons. The normalized spacial score (nSPS) is 31.5. The van der Waals surface area contributed by atoms with Crippen LogP contribution in [0.5, 0.6) is 0 Å². The molecule has 0 aromatic carbocycles. The topological polar surface area (TPSA) is 40.2 Å². The summed E-state index contributed by atoms with van der Waals surface area (Å²) in [6.45, 7) is 18.8. The predicted molar refractivity (Wildman–Crippen MR) is 275 cm³/mol. The zero-order valence-electron chi connectivity index (χ0n) is 43.5. The summed E-state index contributed by atoms with van der Waals surface area (Å²) in [5.74, 6) is 7.21. The summed E-state index contributed by atoms with van der Waals surface area (Å²) in [5, 5.41) is 0. The molecule has 11 atom stereocenters. The lowest BCUT2D eigenvalue weighted by atomic mass is 9.51. The molecule has 5 fully saturated rings. The SMILES string of the molecule is CCCCC/C=C\C/C=C\CCCCCCCCOCC(CN1CCCC2CCCCC21)OCCOCCO[C@H]1CCC2C(=CCC3C2CC[C@@]2(C)C3CC[C@@H]2[C@H](C)CCCC(C)C)C1. The van der Waals surface area contributed by atoms with E-state index >= 15 is 0 Å². The Morgan fingerprint density at radius 3 is 2.31 bits per heavy atom. The maximum absolute atomic E-state index is 6.58. The summed E-state index contributed by atoms with van der Waals surface area (Å²) in [5.41, 5.74) is 2.34. The van der Waals surface area contributed by atoms with Crippen molar-refractivity contribution in [3.63, 3.8) is 0 Å². The molecule has 0 spiro atoms. The lowest BCUT2D eigenvalue weighted by Gasteiger charge is -2.54. The number of piperidine rings is 1. The Morgan fingerprint density at radius 1 is 0.708 bits per heavy atom. The Balaban J connectivity index is 0.830. The lowest BCUT2D eigenvalue weighted by Crippen LogP contribution is -2.50. The average molecular weight is 905 g/mol. The van der Waals surface area contributed by atoms with Crippen LogP contribution in [0.2, 0.25) is 0 Å². The number of nitrogens with zero attached hydrogens (tertiary/aromatic N) is 1. The van der Waals surface area contributed by atoms with Crippen LogP contribution in [0.1, 0.15) is 221 Å². The van der Waals surface area contributed by atoms with Gasteiger partial charge >= 0.3 is 0 Å². The number of likely N-dealkylation sites (tertiary alicyclic amines) is 1. The molecule has 7 unspecified atom stereocenters. The molecular formula is C60H105NO4. The third-order valence-corrected chi connectivity index (χ3v) is 18.4. The van der Waals surface area contributed by atoms with Crippen molar-refractivity contribution in [3.05, 3.63) is 36.0 Å². The van der Waals surface area contributed by atoms with E-state index in [1.807, 2.05) is 0 Å². The zero-order valence-corrected chi connectivity index (χ0v) is 43.5. The van der Waals surface area contributed by atoms with Crippen LogP contribution >= 0.6 is 0 Å². The second-order valence-electron chi connectivity index (χ2n) is 23.4. The molecule has 0 aromatic rings. The molecule has 5 heteroatoms. The maximum Gasteiger partial charge on any atom is 0.0936 e. The Bertz CT molecular complexity index is 1360. The molecule has 6 aliphatic rings. The molecule has 0 aromatic heterocycles. The molecule has 0 bridgehead atoms. The first-order valence-corrected chi connectivity index (χ1v) is 29.0. The van der Waals surface area contributed by atoms with Crippen LogP contribution < -0.4 is 0 Å². The number of hydrogen-bond donors (Lipinski definition) is 0. The van der Waals surface area contributed by atoms with Crippen molar-refractivity contribution in [2.45, 2.75) is 239 Å². The van der Waals surface area contributed by atoms with Crippen LogP contribution in [0, 0.1) is 52.8 Å². The van der Waals surface area contributed by atoms with Gasteiger partial charge in [0.15, 0.2) is 0 Å². The van der Waals surface area contributed by atoms with Crippen LogP contribution in [0.3, 0.4) is 0 Å². The number of ether oxygens (including phenoxy) is 4. The van der Waals surface area contributed by atoms with Crippen LogP contribution in [-0.4, -0.2) is 75.9 Å². The van der Waals surface area contributed by atoms with Gasteiger partial charge in [0, 0.05) is 19.2 Å². The minimum Gasteiger partial charge on any atom is -0.379 e. The van der Waals surface area contributed by atoms with Gasteiger partial charge in [0.2, 0.25) is 0 Å². The Labute approximate surface area is 402 Å². The first-order valence-electron chi connectivity index (χ1n) is 29.0. The molecule has 6 rings (SSSR count). The Kier molecular flexibility index (Phi) is 24.6. The number of unbranched alkanes of at least 4 members (excludes halogenated alkanes) is 9. The van der Waals surface area contributed by atoms with Crippen molar-refractivity contribution in [3.8, 4) is 0 Å². The minimum atomic E-state index is 0.120. The van der Waals surface area contributed by atoms with Crippen LogP contribution in [-0.2, 0) is 18.9 Å². The van der Waals surface area contributed by atoms with Gasteiger partial charge in [-0.15, -0.1) is 0 Å². The van der Waals surface area contributed by atoms with E-state index in [1.54, 1.807) is 5.57 Å². The number of fused-ring (bicyclic) bond motifs is 6. The van der Waals surface area contributed by atoms with E-state index in [9.17, 15) is 0 Å². The van der Waals surface area contributed by atoms with E-state index in [2.05, 4.69) is 69.9 Å². The molecule has 1 saturated heterocycles. The second-order valence-corrected chi connectivity index (χ2v) is 23.4. The Morgan fingerprint density at radius 2 is 1.48 bits per heavy atom. The van der Waals surface area contributed by atoms with Crippen LogP contribution in [0.4, 0.5) is 0 Å². The van der Waals surface area contributed by atoms with Gasteiger partial charge in [0.05, 0.1) is 45.2 Å². The number of hydrogen-bond acceptors (Lipinski definition) is 5. The first kappa shape index (κ1) is 53.4. The van der Waals surface area contributed by atoms with E-state index in [1.165, 1.54) is 173 Å². The summed E-state index contributed by atoms with van der Waals surface area (Å²) < 4.78 is 25.6. The third-order valence-electron chi connectivity index (χ3n) is 18.4. The summed E-state index contributed by atoms with van der Waals surface area (Å²) in [4.78, 5) is 2.78. The van der Waals surface area contributed by atoms with Crippen LogP contribution in [0.15, 0.2) is 36.0 Å². The summed E-state index contributed by atoms with van der Waals surface area (Å²) in [6.07, 6.45) is 51.6. The van der Waals surface area contributed by atoms with Crippen molar-refractivity contribution in [2.75, 3.05) is 52.7 Å². The van der Waals surface area contributed by atoms with E-state index in [-0.39, 0.29) is 6.10 Å². The quantitative estimate of drug-likeness (QED) is 0.0497. The highest BCUT2D eigenvalue weighted by atomic mass is 16.6. The number of rotatable bonds is 32. The molecule has 0 radical (unpaired) electrons. The van der Waals surface area contributed by atoms with Crippen molar-refractivity contribution < 1.29 is 18.9 Å². The molecule has 5 aliphatic carbocycles. The molecular weight excluding hydrogens is 799 g/mol. The fourth-order valence-corrected chi connectivity index (χ4v) is 14.8. The predicted octanol–water partition coefficient (Wildman–Crippen LogP) is 15.9. The standard InChI is InChI=1S/C60H105NO4/c1-6-7-8-9-10-11-12-13-14-15-16-17-18-19-20-23-40-63-47-53(46-61-39-25-29-50-28-21-22-30-59(50)61)65-44-42-62-41-43-64-52-32-34-54-51(45-52)31-33-56-55(54)37-38-60(5)57(35-36-58(56)60)49(4)27-24-26-48(2)3/h10-11,13-14,31,48-50,52-59H,6-9,12,15-30,32-47H2,1-5H3/b11-10-,14-13-/t49-,50?,52+,53?,54?,55?,56?,57-,58?,59?,60-/m1/s1. The summed E-state index contributed by atoms with van der Waals surface area (Å²) in [7, 11) is 0. The largest absolute Gasteiger partial charge is 0.379 e. The minimum absolute atomic E-state index is 0.120. The van der Waals surface area contributed by atoms with Crippen molar-refractivity contribution in [1.82, 2.24) is 4.90 Å². The molecule has 65 heavy (non-hydrogen) atoms. The third kappa shape index (κ3) is 17.1. The molecule has 1 heterocycles. The summed E-state index contributed by atoms with van der Waals surface area (Å²) >= 11 is 0. The van der Waals surface area contributed by atoms with Gasteiger partial charge in [0.25, 0.3) is 0 Å². The van der Waals surface area contributed by atoms with Gasteiger partial charge in [-0.25, -0.2) is 0 Å². The molecule has 0 N–H and O–H groups in total. The van der Waals surface area contributed by atoms with Gasteiger partial charge in [-0.1, -0.05) is 141 Å². The van der Waals surface area contributed by atoms with Gasteiger partial charge in [-0.3, -0.25) is 4.90 Å². The van der Waals surface area contributed by atoms with Crippen molar-refractivity contribution in [1.29, 1.82) is 0 Å². The van der Waals surface area contributed by atoms with Gasteiger partial charge in [-0.2, -0.15) is 0 Å². The Hall–Kier alpha value is -0.980. The van der Waals surface area contributed by atoms with Crippen molar-refractivity contribution in [2.24, 2.45) is 52.8 Å². The maximum atomic E-state index is 6.58. The monoisotopic (exact) mass is 904 g/mol. The first-order chi connectivity index (χ1) is 31.9. The zero-order chi connectivity index (χ0) is 45.5. The van der Waals surface area contributed by atoms with Gasteiger partial charge in [0.1, 0.15) is 0 Å².